The van der Waals surface area contributed by atoms with Gasteiger partial charge in [-0.3, -0.25) is 0 Å². The summed E-state index contributed by atoms with van der Waals surface area (Å²) in [6.45, 7) is 2.13. The van der Waals surface area contributed by atoms with Gasteiger partial charge in [0.2, 0.25) is 0 Å². The fraction of sp³-hybridized carbons (Fsp3) is 1.00. The van der Waals surface area contributed by atoms with Crippen LogP contribution in [0.2, 0.25) is 0 Å². The zero-order valence-electron chi connectivity index (χ0n) is 7.01. The van der Waals surface area contributed by atoms with Crippen LogP contribution in [0.25, 0.3) is 0 Å². The lowest BCUT2D eigenvalue weighted by atomic mass is 9.77. The van der Waals surface area contributed by atoms with Crippen LogP contribution >= 0.6 is 0 Å². The number of hydrogen-bond acceptors (Lipinski definition) is 1. The van der Waals surface area contributed by atoms with E-state index >= 15 is 0 Å². The minimum absolute atomic E-state index is 0.151. The first kappa shape index (κ1) is 9.20. The Morgan fingerprint density at radius 3 is 2.36 bits per heavy atom. The standard InChI is InChI=1S/C8H16O2S/c1-8(7-11(9)10)5-3-2-4-6-8/h2-7H2,1H3,(H,9,10). The predicted octanol–water partition coefficient (Wildman–Crippen LogP) is 2.18. The molecular weight excluding hydrogens is 160 g/mol. The van der Waals surface area contributed by atoms with Gasteiger partial charge < -0.3 is 4.55 Å². The normalized spacial score (nSPS) is 26.4. The average Bonchev–Trinajstić information content (AvgIpc) is 1.85. The van der Waals surface area contributed by atoms with E-state index in [0.29, 0.717) is 5.75 Å². The number of hydrogen-bond donors (Lipinski definition) is 1. The summed E-state index contributed by atoms with van der Waals surface area (Å²) in [5.74, 6) is 0.465. The minimum atomic E-state index is -1.60. The van der Waals surface area contributed by atoms with E-state index in [9.17, 15) is 4.21 Å². The SMILES string of the molecule is CC1(CS(=O)O)CCCCC1. The highest BCUT2D eigenvalue weighted by Gasteiger charge is 2.28. The Morgan fingerprint density at radius 2 is 1.91 bits per heavy atom. The van der Waals surface area contributed by atoms with Crippen molar-refractivity contribution in [2.75, 3.05) is 5.75 Å². The van der Waals surface area contributed by atoms with Crippen molar-refractivity contribution in [3.63, 3.8) is 0 Å². The van der Waals surface area contributed by atoms with Crippen LogP contribution in [0.1, 0.15) is 39.0 Å². The molecule has 1 atom stereocenters. The van der Waals surface area contributed by atoms with Crippen LogP contribution < -0.4 is 0 Å². The molecule has 0 aromatic heterocycles. The minimum Gasteiger partial charge on any atom is -0.306 e. The van der Waals surface area contributed by atoms with Gasteiger partial charge in [0.15, 0.2) is 11.1 Å². The maximum Gasteiger partial charge on any atom is 0.153 e. The molecule has 1 aliphatic rings. The molecule has 0 radical (unpaired) electrons. The molecule has 0 saturated heterocycles. The topological polar surface area (TPSA) is 37.3 Å². The Balaban J connectivity index is 2.43. The summed E-state index contributed by atoms with van der Waals surface area (Å²) in [5, 5.41) is 0. The van der Waals surface area contributed by atoms with Crippen LogP contribution in [-0.2, 0) is 11.1 Å². The van der Waals surface area contributed by atoms with Gasteiger partial charge in [-0.05, 0) is 18.3 Å². The Kier molecular flexibility index (Phi) is 3.07. The van der Waals surface area contributed by atoms with Gasteiger partial charge in [0.05, 0.1) is 5.75 Å². The van der Waals surface area contributed by atoms with E-state index in [1.165, 1.54) is 19.3 Å². The highest BCUT2D eigenvalue weighted by atomic mass is 32.2. The van der Waals surface area contributed by atoms with Crippen molar-refractivity contribution in [1.82, 2.24) is 0 Å². The Bertz CT molecular complexity index is 150. The van der Waals surface area contributed by atoms with Crippen molar-refractivity contribution in [3.05, 3.63) is 0 Å². The van der Waals surface area contributed by atoms with Gasteiger partial charge >= 0.3 is 0 Å². The summed E-state index contributed by atoms with van der Waals surface area (Å²) in [6.07, 6.45) is 6.01. The second-order valence-corrected chi connectivity index (χ2v) is 4.77. The van der Waals surface area contributed by atoms with Gasteiger partial charge in [-0.2, -0.15) is 0 Å². The van der Waals surface area contributed by atoms with Gasteiger partial charge in [0.1, 0.15) is 0 Å². The molecule has 11 heavy (non-hydrogen) atoms. The van der Waals surface area contributed by atoms with E-state index in [0.717, 1.165) is 12.8 Å². The first-order valence-corrected chi connectivity index (χ1v) is 5.47. The predicted molar refractivity (Wildman–Crippen MR) is 46.8 cm³/mol. The molecule has 1 rings (SSSR count). The molecule has 2 nitrogen and oxygen atoms in total. The lowest BCUT2D eigenvalue weighted by Crippen LogP contribution is -2.26. The highest BCUT2D eigenvalue weighted by Crippen LogP contribution is 2.35. The summed E-state index contributed by atoms with van der Waals surface area (Å²) < 4.78 is 19.3. The van der Waals surface area contributed by atoms with Crippen molar-refractivity contribution in [1.29, 1.82) is 0 Å². The maximum absolute atomic E-state index is 10.6. The third-order valence-corrected chi connectivity index (χ3v) is 3.48. The summed E-state index contributed by atoms with van der Waals surface area (Å²) >= 11 is -1.60. The van der Waals surface area contributed by atoms with Crippen molar-refractivity contribution in [2.24, 2.45) is 5.41 Å². The summed E-state index contributed by atoms with van der Waals surface area (Å²) in [6, 6.07) is 0. The van der Waals surface area contributed by atoms with Gasteiger partial charge in [-0.1, -0.05) is 26.2 Å². The van der Waals surface area contributed by atoms with Gasteiger partial charge in [0.25, 0.3) is 0 Å². The molecular formula is C8H16O2S. The third kappa shape index (κ3) is 2.91. The molecule has 0 amide bonds. The molecule has 0 spiro atoms. The van der Waals surface area contributed by atoms with E-state index < -0.39 is 11.1 Å². The molecule has 1 aliphatic carbocycles. The fourth-order valence-corrected chi connectivity index (χ4v) is 2.73. The van der Waals surface area contributed by atoms with E-state index in [1.54, 1.807) is 0 Å². The monoisotopic (exact) mass is 176 g/mol. The van der Waals surface area contributed by atoms with Crippen molar-refractivity contribution < 1.29 is 8.76 Å². The molecule has 66 valence electrons. The Morgan fingerprint density at radius 1 is 1.36 bits per heavy atom. The molecule has 0 heterocycles. The second-order valence-electron chi connectivity index (χ2n) is 3.84. The Hall–Kier alpha value is 0.110. The molecule has 0 bridgehead atoms. The summed E-state index contributed by atoms with van der Waals surface area (Å²) in [4.78, 5) is 0. The molecule has 1 fully saturated rings. The first-order chi connectivity index (χ1) is 5.12. The smallest absolute Gasteiger partial charge is 0.153 e. The van der Waals surface area contributed by atoms with Crippen molar-refractivity contribution in [3.8, 4) is 0 Å². The van der Waals surface area contributed by atoms with Gasteiger partial charge in [-0.25, -0.2) is 4.21 Å². The zero-order chi connectivity index (χ0) is 8.32. The summed E-state index contributed by atoms with van der Waals surface area (Å²) in [7, 11) is 0. The average molecular weight is 176 g/mol. The van der Waals surface area contributed by atoms with Crippen LogP contribution in [0.3, 0.4) is 0 Å². The van der Waals surface area contributed by atoms with Crippen LogP contribution in [0.4, 0.5) is 0 Å². The van der Waals surface area contributed by atoms with E-state index in [4.69, 9.17) is 4.55 Å². The highest BCUT2D eigenvalue weighted by molar-refractivity contribution is 7.79. The lowest BCUT2D eigenvalue weighted by Gasteiger charge is -2.31. The van der Waals surface area contributed by atoms with Crippen LogP contribution in [0, 0.1) is 5.41 Å². The van der Waals surface area contributed by atoms with Crippen LogP contribution in [-0.4, -0.2) is 14.5 Å². The van der Waals surface area contributed by atoms with E-state index in [-0.39, 0.29) is 5.41 Å². The van der Waals surface area contributed by atoms with E-state index in [2.05, 4.69) is 6.92 Å². The third-order valence-electron chi connectivity index (χ3n) is 2.53. The molecule has 1 N–H and O–H groups in total. The van der Waals surface area contributed by atoms with Crippen LogP contribution in [0.15, 0.2) is 0 Å². The fourth-order valence-electron chi connectivity index (χ4n) is 1.85. The molecule has 3 heteroatoms. The Labute approximate surface area is 70.7 Å². The van der Waals surface area contributed by atoms with Gasteiger partial charge in [0, 0.05) is 0 Å². The second kappa shape index (κ2) is 3.68. The quantitative estimate of drug-likeness (QED) is 0.655. The first-order valence-electron chi connectivity index (χ1n) is 4.20. The van der Waals surface area contributed by atoms with Gasteiger partial charge in [-0.15, -0.1) is 0 Å². The lowest BCUT2D eigenvalue weighted by molar-refractivity contribution is 0.246. The van der Waals surface area contributed by atoms with E-state index in [1.807, 2.05) is 0 Å². The molecule has 0 aromatic rings. The molecule has 0 aromatic carbocycles. The maximum atomic E-state index is 10.6. The summed E-state index contributed by atoms with van der Waals surface area (Å²) in [5.41, 5.74) is 0.151. The van der Waals surface area contributed by atoms with Crippen LogP contribution in [0.5, 0.6) is 0 Å². The molecule has 1 saturated carbocycles. The van der Waals surface area contributed by atoms with Crippen molar-refractivity contribution >= 4 is 11.1 Å². The number of rotatable bonds is 2. The molecule has 1 unspecified atom stereocenters. The zero-order valence-corrected chi connectivity index (χ0v) is 7.82. The largest absolute Gasteiger partial charge is 0.306 e. The molecule has 0 aliphatic heterocycles. The van der Waals surface area contributed by atoms with Crippen molar-refractivity contribution in [2.45, 2.75) is 39.0 Å².